The van der Waals surface area contributed by atoms with E-state index >= 15 is 0 Å². The number of amides is 1. The minimum Gasteiger partial charge on any atom is -0.507 e. The van der Waals surface area contributed by atoms with Crippen LogP contribution in [0.1, 0.15) is 23.6 Å². The van der Waals surface area contributed by atoms with Gasteiger partial charge in [-0.05, 0) is 36.2 Å². The van der Waals surface area contributed by atoms with Crippen molar-refractivity contribution in [3.63, 3.8) is 0 Å². The van der Waals surface area contributed by atoms with Crippen molar-refractivity contribution in [1.82, 2.24) is 14.5 Å². The van der Waals surface area contributed by atoms with E-state index in [-0.39, 0.29) is 23.6 Å². The number of benzene rings is 2. The van der Waals surface area contributed by atoms with Gasteiger partial charge in [-0.3, -0.25) is 19.7 Å². The number of nitro benzene ring substituents is 1. The second kappa shape index (κ2) is 10.7. The number of non-ortho nitro benzene ring substituents is 1. The lowest BCUT2D eigenvalue weighted by molar-refractivity contribution is -0.384. The fourth-order valence-electron chi connectivity index (χ4n) is 4.13. The molecular formula is C26H24N4O6. The number of nitrogens with zero attached hydrogens (tertiary/aromatic N) is 4. The number of aliphatic hydroxyl groups is 1. The zero-order chi connectivity index (χ0) is 25.7. The van der Waals surface area contributed by atoms with Gasteiger partial charge in [0.1, 0.15) is 18.1 Å². The zero-order valence-corrected chi connectivity index (χ0v) is 19.3. The fraction of sp³-hybridized carbons (Fsp3) is 0.192. The average molecular weight is 489 g/mol. The fourth-order valence-corrected chi connectivity index (χ4v) is 4.13. The van der Waals surface area contributed by atoms with E-state index in [4.69, 9.17) is 4.74 Å². The standard InChI is InChI=1S/C26H24N4O6/c1-2-15-36-21-9-7-18(8-10-21)24(31)22-23(19-5-3-6-20(16-19)30(34)35)29(26(33)25(22)32)13-4-12-28-14-11-27-17-28/h2-3,5-11,14,16-17,23,31H,1,4,12-13,15H2/b24-22+/t23-/m1/s1. The first-order valence-electron chi connectivity index (χ1n) is 11.2. The zero-order valence-electron chi connectivity index (χ0n) is 19.3. The van der Waals surface area contributed by atoms with E-state index in [2.05, 4.69) is 11.6 Å². The normalized spacial score (nSPS) is 16.8. The van der Waals surface area contributed by atoms with Crippen LogP contribution in [0.15, 0.2) is 85.5 Å². The van der Waals surface area contributed by atoms with Crippen molar-refractivity contribution in [3.05, 3.63) is 107 Å². The van der Waals surface area contributed by atoms with Crippen LogP contribution < -0.4 is 4.74 Å². The third-order valence-electron chi connectivity index (χ3n) is 5.81. The van der Waals surface area contributed by atoms with Crippen molar-refractivity contribution < 1.29 is 24.4 Å². The number of hydrogen-bond acceptors (Lipinski definition) is 7. The SMILES string of the molecule is C=CCOc1ccc(/C(O)=C2\C(=O)C(=O)N(CCCn3ccnc3)[C@@H]2c2cccc([N+](=O)[O-])c2)cc1. The monoisotopic (exact) mass is 488 g/mol. The molecule has 2 aromatic carbocycles. The Hall–Kier alpha value is -4.73. The molecule has 1 aliphatic rings. The molecule has 10 heteroatoms. The summed E-state index contributed by atoms with van der Waals surface area (Å²) in [7, 11) is 0. The molecule has 0 saturated carbocycles. The highest BCUT2D eigenvalue weighted by Crippen LogP contribution is 2.40. The van der Waals surface area contributed by atoms with Crippen LogP contribution >= 0.6 is 0 Å². The van der Waals surface area contributed by atoms with Gasteiger partial charge in [0, 0.05) is 43.2 Å². The summed E-state index contributed by atoms with van der Waals surface area (Å²) < 4.78 is 7.30. The number of carbonyl (C=O) groups excluding carboxylic acids is 2. The molecule has 10 nitrogen and oxygen atoms in total. The van der Waals surface area contributed by atoms with Crippen LogP contribution in [-0.2, 0) is 16.1 Å². The van der Waals surface area contributed by atoms with Crippen molar-refractivity contribution in [1.29, 1.82) is 0 Å². The molecule has 4 rings (SSSR count). The number of rotatable bonds is 10. The number of aromatic nitrogens is 2. The Morgan fingerprint density at radius 1 is 1.19 bits per heavy atom. The second-order valence-electron chi connectivity index (χ2n) is 8.12. The van der Waals surface area contributed by atoms with Gasteiger partial charge in [-0.25, -0.2) is 4.98 Å². The third kappa shape index (κ3) is 5.02. The summed E-state index contributed by atoms with van der Waals surface area (Å²) in [4.78, 5) is 42.4. The average Bonchev–Trinajstić information content (AvgIpc) is 3.50. The number of carbonyl (C=O) groups is 2. The van der Waals surface area contributed by atoms with Crippen molar-refractivity contribution in [3.8, 4) is 5.75 Å². The molecule has 0 unspecified atom stereocenters. The van der Waals surface area contributed by atoms with E-state index in [1.165, 1.54) is 23.1 Å². The molecule has 1 aliphatic heterocycles. The number of aliphatic hydroxyl groups excluding tert-OH is 1. The first-order valence-corrected chi connectivity index (χ1v) is 11.2. The molecule has 1 amide bonds. The van der Waals surface area contributed by atoms with E-state index < -0.39 is 22.7 Å². The number of ether oxygens (including phenoxy) is 1. The van der Waals surface area contributed by atoms with Crippen LogP contribution in [0.25, 0.3) is 5.76 Å². The minimum absolute atomic E-state index is 0.122. The number of aryl methyl sites for hydroxylation is 1. The molecule has 0 spiro atoms. The van der Waals surface area contributed by atoms with Crippen molar-refractivity contribution in [2.45, 2.75) is 19.0 Å². The molecule has 3 aromatic rings. The van der Waals surface area contributed by atoms with Gasteiger partial charge in [0.2, 0.25) is 0 Å². The van der Waals surface area contributed by atoms with E-state index in [1.807, 2.05) is 4.57 Å². The Morgan fingerprint density at radius 3 is 2.64 bits per heavy atom. The van der Waals surface area contributed by atoms with Crippen LogP contribution in [0.2, 0.25) is 0 Å². The molecule has 36 heavy (non-hydrogen) atoms. The van der Waals surface area contributed by atoms with E-state index in [0.717, 1.165) is 0 Å². The first kappa shape index (κ1) is 24.4. The summed E-state index contributed by atoms with van der Waals surface area (Å²) in [6.45, 7) is 4.65. The Bertz CT molecular complexity index is 1310. The highest BCUT2D eigenvalue weighted by Gasteiger charge is 2.46. The third-order valence-corrected chi connectivity index (χ3v) is 5.81. The molecule has 1 aromatic heterocycles. The molecule has 0 radical (unpaired) electrons. The maximum atomic E-state index is 13.1. The highest BCUT2D eigenvalue weighted by molar-refractivity contribution is 6.46. The summed E-state index contributed by atoms with van der Waals surface area (Å²) in [5, 5.41) is 22.6. The lowest BCUT2D eigenvalue weighted by Gasteiger charge is -2.25. The van der Waals surface area contributed by atoms with Gasteiger partial charge in [-0.2, -0.15) is 0 Å². The molecule has 1 N–H and O–H groups in total. The molecule has 0 bridgehead atoms. The smallest absolute Gasteiger partial charge is 0.295 e. The second-order valence-corrected chi connectivity index (χ2v) is 8.12. The molecular weight excluding hydrogens is 464 g/mol. The molecule has 1 fully saturated rings. The molecule has 184 valence electrons. The Labute approximate surface area is 206 Å². The van der Waals surface area contributed by atoms with E-state index in [9.17, 15) is 24.8 Å². The van der Waals surface area contributed by atoms with Gasteiger partial charge < -0.3 is 19.3 Å². The summed E-state index contributed by atoms with van der Waals surface area (Å²) in [6.07, 6.45) is 7.18. The maximum absolute atomic E-state index is 13.1. The summed E-state index contributed by atoms with van der Waals surface area (Å²) in [6, 6.07) is 11.2. The van der Waals surface area contributed by atoms with E-state index in [1.54, 1.807) is 55.1 Å². The Morgan fingerprint density at radius 2 is 1.97 bits per heavy atom. The van der Waals surface area contributed by atoms with Gasteiger partial charge in [-0.1, -0.05) is 24.8 Å². The summed E-state index contributed by atoms with van der Waals surface area (Å²) in [5.41, 5.74) is 0.370. The maximum Gasteiger partial charge on any atom is 0.295 e. The van der Waals surface area contributed by atoms with Crippen LogP contribution in [-0.4, -0.2) is 49.3 Å². The number of imidazole rings is 1. The van der Waals surface area contributed by atoms with Crippen LogP contribution in [0.4, 0.5) is 5.69 Å². The van der Waals surface area contributed by atoms with Gasteiger partial charge in [0.15, 0.2) is 0 Å². The number of ketones is 1. The predicted octanol–water partition coefficient (Wildman–Crippen LogP) is 3.87. The number of Topliss-reactive ketones (excluding diaryl/α,β-unsaturated/α-hetero) is 1. The number of nitro groups is 1. The minimum atomic E-state index is -0.982. The first-order chi connectivity index (χ1) is 17.4. The molecule has 1 saturated heterocycles. The van der Waals surface area contributed by atoms with Gasteiger partial charge >= 0.3 is 0 Å². The largest absolute Gasteiger partial charge is 0.507 e. The van der Waals surface area contributed by atoms with Crippen LogP contribution in [0.3, 0.4) is 0 Å². The van der Waals surface area contributed by atoms with Gasteiger partial charge in [0.25, 0.3) is 17.4 Å². The number of hydrogen-bond donors (Lipinski definition) is 1. The topological polar surface area (TPSA) is 128 Å². The van der Waals surface area contributed by atoms with E-state index in [0.29, 0.717) is 36.4 Å². The molecule has 2 heterocycles. The Kier molecular flexibility index (Phi) is 7.24. The molecule has 0 aliphatic carbocycles. The van der Waals surface area contributed by atoms with Gasteiger partial charge in [0.05, 0.1) is 22.9 Å². The number of likely N-dealkylation sites (tertiary alicyclic amines) is 1. The van der Waals surface area contributed by atoms with Gasteiger partial charge in [-0.15, -0.1) is 0 Å². The van der Waals surface area contributed by atoms with Crippen molar-refractivity contribution in [2.75, 3.05) is 13.2 Å². The van der Waals surface area contributed by atoms with Crippen LogP contribution in [0, 0.1) is 10.1 Å². The quantitative estimate of drug-likeness (QED) is 0.115. The molecule has 1 atom stereocenters. The van der Waals surface area contributed by atoms with Crippen molar-refractivity contribution >= 4 is 23.1 Å². The predicted molar refractivity (Wildman–Crippen MR) is 131 cm³/mol. The summed E-state index contributed by atoms with van der Waals surface area (Å²) >= 11 is 0. The lowest BCUT2D eigenvalue weighted by atomic mass is 9.95. The lowest BCUT2D eigenvalue weighted by Crippen LogP contribution is -2.31. The summed E-state index contributed by atoms with van der Waals surface area (Å²) in [5.74, 6) is -1.44. The van der Waals surface area contributed by atoms with Crippen molar-refractivity contribution in [2.24, 2.45) is 0 Å². The Balaban J connectivity index is 1.73. The van der Waals surface area contributed by atoms with Crippen LogP contribution in [0.5, 0.6) is 5.75 Å². The highest BCUT2D eigenvalue weighted by atomic mass is 16.6.